The van der Waals surface area contributed by atoms with Crippen LogP contribution in [0.2, 0.25) is 0 Å². The second-order valence-corrected chi connectivity index (χ2v) is 4.43. The summed E-state index contributed by atoms with van der Waals surface area (Å²) in [6.07, 6.45) is 2.31. The van der Waals surface area contributed by atoms with Crippen LogP contribution in [0.5, 0.6) is 0 Å². The van der Waals surface area contributed by atoms with E-state index in [1.165, 1.54) is 4.90 Å². The summed E-state index contributed by atoms with van der Waals surface area (Å²) in [6.45, 7) is 1.69. The molecular formula is C9H15NO3. The van der Waals surface area contributed by atoms with Gasteiger partial charge in [-0.3, -0.25) is 0 Å². The predicted molar refractivity (Wildman–Crippen MR) is 46.5 cm³/mol. The Kier molecular flexibility index (Phi) is 1.95. The molecule has 1 aliphatic heterocycles. The molecule has 0 radical (unpaired) electrons. The second kappa shape index (κ2) is 2.87. The summed E-state index contributed by atoms with van der Waals surface area (Å²) in [7, 11) is 0. The first kappa shape index (κ1) is 8.81. The van der Waals surface area contributed by atoms with E-state index in [2.05, 4.69) is 0 Å². The van der Waals surface area contributed by atoms with Crippen LogP contribution in [0.3, 0.4) is 0 Å². The zero-order chi connectivity index (χ0) is 9.47. The lowest BCUT2D eigenvalue weighted by atomic mass is 9.57. The third-order valence-electron chi connectivity index (χ3n) is 3.30. The molecule has 13 heavy (non-hydrogen) atoms. The largest absolute Gasteiger partial charge is 0.465 e. The Bertz CT molecular complexity index is 215. The van der Waals surface area contributed by atoms with Gasteiger partial charge >= 0.3 is 6.09 Å². The number of aliphatic hydroxyl groups excluding tert-OH is 1. The van der Waals surface area contributed by atoms with Crippen LogP contribution in [0, 0.1) is 11.3 Å². The minimum Gasteiger partial charge on any atom is -0.465 e. The summed E-state index contributed by atoms with van der Waals surface area (Å²) < 4.78 is 0. The number of hydrogen-bond acceptors (Lipinski definition) is 2. The van der Waals surface area contributed by atoms with Gasteiger partial charge in [-0.1, -0.05) is 0 Å². The van der Waals surface area contributed by atoms with E-state index in [0.29, 0.717) is 24.4 Å². The van der Waals surface area contributed by atoms with Gasteiger partial charge in [-0.2, -0.15) is 0 Å². The highest BCUT2D eigenvalue weighted by Crippen LogP contribution is 2.52. The van der Waals surface area contributed by atoms with E-state index in [0.717, 1.165) is 19.3 Å². The molecule has 1 amide bonds. The Morgan fingerprint density at radius 2 is 2.08 bits per heavy atom. The fourth-order valence-electron chi connectivity index (χ4n) is 2.71. The van der Waals surface area contributed by atoms with Crippen molar-refractivity contribution < 1.29 is 15.0 Å². The van der Waals surface area contributed by atoms with E-state index in [-0.39, 0.29) is 6.61 Å². The average molecular weight is 185 g/mol. The third-order valence-corrected chi connectivity index (χ3v) is 3.30. The van der Waals surface area contributed by atoms with Crippen molar-refractivity contribution in [1.29, 1.82) is 0 Å². The number of hydrogen-bond donors (Lipinski definition) is 2. The number of nitrogens with zero attached hydrogens (tertiary/aromatic N) is 1. The molecule has 0 unspecified atom stereocenters. The molecule has 1 heterocycles. The number of rotatable bonds is 2. The molecule has 2 fully saturated rings. The van der Waals surface area contributed by atoms with Crippen LogP contribution >= 0.6 is 0 Å². The zero-order valence-electron chi connectivity index (χ0n) is 7.57. The lowest BCUT2D eigenvalue weighted by Gasteiger charge is -2.58. The van der Waals surface area contributed by atoms with Gasteiger partial charge in [0, 0.05) is 25.1 Å². The quantitative estimate of drug-likeness (QED) is 0.667. The molecule has 1 saturated heterocycles. The Labute approximate surface area is 77.2 Å². The molecule has 4 heteroatoms. The summed E-state index contributed by atoms with van der Waals surface area (Å²) in [5.74, 6) is 0.640. The molecule has 2 N–H and O–H groups in total. The van der Waals surface area contributed by atoms with Crippen molar-refractivity contribution in [3.05, 3.63) is 0 Å². The molecule has 0 aromatic carbocycles. The Morgan fingerprint density at radius 1 is 1.46 bits per heavy atom. The number of amides is 1. The molecule has 0 aromatic rings. The molecule has 4 nitrogen and oxygen atoms in total. The maximum absolute atomic E-state index is 10.5. The van der Waals surface area contributed by atoms with Crippen molar-refractivity contribution in [2.45, 2.75) is 19.3 Å². The predicted octanol–water partition coefficient (Wildman–Crippen LogP) is 0.759. The monoisotopic (exact) mass is 185 g/mol. The maximum Gasteiger partial charge on any atom is 0.407 e. The Hall–Kier alpha value is -0.770. The van der Waals surface area contributed by atoms with Gasteiger partial charge in [-0.25, -0.2) is 4.79 Å². The fourth-order valence-corrected chi connectivity index (χ4v) is 2.71. The number of carbonyl (C=O) groups is 1. The SMILES string of the molecule is O=C(O)N1CC2(CC(CCO)C2)C1. The highest BCUT2D eigenvalue weighted by atomic mass is 16.4. The molecule has 1 aliphatic carbocycles. The standard InChI is InChI=1S/C9H15NO3/c11-2-1-7-3-9(4-7)5-10(6-9)8(12)13/h7,11H,1-6H2,(H,12,13). The van der Waals surface area contributed by atoms with Crippen LogP contribution in [-0.2, 0) is 0 Å². The molecule has 2 aliphatic rings. The molecule has 0 aromatic heterocycles. The zero-order valence-corrected chi connectivity index (χ0v) is 7.57. The Balaban J connectivity index is 1.73. The van der Waals surface area contributed by atoms with Gasteiger partial charge < -0.3 is 15.1 Å². The number of aliphatic hydroxyl groups is 1. The minimum absolute atomic E-state index is 0.267. The van der Waals surface area contributed by atoms with E-state index in [1.54, 1.807) is 0 Å². The molecule has 1 spiro atoms. The number of carboxylic acid groups (broad SMARTS) is 1. The lowest BCUT2D eigenvalue weighted by Crippen LogP contribution is -2.63. The third kappa shape index (κ3) is 1.39. The van der Waals surface area contributed by atoms with Gasteiger partial charge in [-0.15, -0.1) is 0 Å². The van der Waals surface area contributed by atoms with Crippen molar-refractivity contribution in [2.75, 3.05) is 19.7 Å². The van der Waals surface area contributed by atoms with E-state index >= 15 is 0 Å². The summed E-state index contributed by atoms with van der Waals surface area (Å²) in [4.78, 5) is 12.0. The van der Waals surface area contributed by atoms with Crippen molar-refractivity contribution in [1.82, 2.24) is 4.90 Å². The summed E-state index contributed by atoms with van der Waals surface area (Å²) in [6, 6.07) is 0. The summed E-state index contributed by atoms with van der Waals surface area (Å²) in [5, 5.41) is 17.3. The first-order valence-corrected chi connectivity index (χ1v) is 4.74. The van der Waals surface area contributed by atoms with Gasteiger partial charge in [-0.05, 0) is 25.2 Å². The van der Waals surface area contributed by atoms with E-state index in [9.17, 15) is 4.79 Å². The summed E-state index contributed by atoms with van der Waals surface area (Å²) >= 11 is 0. The molecular weight excluding hydrogens is 170 g/mol. The van der Waals surface area contributed by atoms with Gasteiger partial charge in [0.05, 0.1) is 0 Å². The maximum atomic E-state index is 10.5. The van der Waals surface area contributed by atoms with Crippen molar-refractivity contribution in [3.8, 4) is 0 Å². The van der Waals surface area contributed by atoms with E-state index < -0.39 is 6.09 Å². The van der Waals surface area contributed by atoms with Crippen LogP contribution in [0.15, 0.2) is 0 Å². The topological polar surface area (TPSA) is 60.8 Å². The van der Waals surface area contributed by atoms with Gasteiger partial charge in [0.2, 0.25) is 0 Å². The van der Waals surface area contributed by atoms with Gasteiger partial charge in [0.1, 0.15) is 0 Å². The van der Waals surface area contributed by atoms with Crippen molar-refractivity contribution >= 4 is 6.09 Å². The van der Waals surface area contributed by atoms with E-state index in [4.69, 9.17) is 10.2 Å². The molecule has 74 valence electrons. The van der Waals surface area contributed by atoms with Crippen LogP contribution in [0.25, 0.3) is 0 Å². The van der Waals surface area contributed by atoms with Crippen LogP contribution in [0.1, 0.15) is 19.3 Å². The van der Waals surface area contributed by atoms with Crippen LogP contribution in [0.4, 0.5) is 4.79 Å². The molecule has 0 bridgehead atoms. The van der Waals surface area contributed by atoms with E-state index in [1.807, 2.05) is 0 Å². The van der Waals surface area contributed by atoms with Crippen LogP contribution < -0.4 is 0 Å². The fraction of sp³-hybridized carbons (Fsp3) is 0.889. The smallest absolute Gasteiger partial charge is 0.407 e. The van der Waals surface area contributed by atoms with Crippen LogP contribution in [-0.4, -0.2) is 40.9 Å². The second-order valence-electron chi connectivity index (χ2n) is 4.43. The van der Waals surface area contributed by atoms with Crippen molar-refractivity contribution in [2.24, 2.45) is 11.3 Å². The Morgan fingerprint density at radius 3 is 2.54 bits per heavy atom. The lowest BCUT2D eigenvalue weighted by molar-refractivity contribution is -0.0843. The number of likely N-dealkylation sites (tertiary alicyclic amines) is 1. The first-order valence-electron chi connectivity index (χ1n) is 4.74. The highest BCUT2D eigenvalue weighted by Gasteiger charge is 2.53. The van der Waals surface area contributed by atoms with Crippen molar-refractivity contribution in [3.63, 3.8) is 0 Å². The molecule has 2 rings (SSSR count). The highest BCUT2D eigenvalue weighted by molar-refractivity contribution is 5.66. The molecule has 1 saturated carbocycles. The average Bonchev–Trinajstić information content (AvgIpc) is 1.90. The molecule has 0 atom stereocenters. The first-order chi connectivity index (χ1) is 6.15. The van der Waals surface area contributed by atoms with Gasteiger partial charge in [0.25, 0.3) is 0 Å². The van der Waals surface area contributed by atoms with Gasteiger partial charge in [0.15, 0.2) is 0 Å². The summed E-state index contributed by atoms with van der Waals surface area (Å²) in [5.41, 5.74) is 0.304. The normalized spacial score (nSPS) is 25.5. The minimum atomic E-state index is -0.795.